The summed E-state index contributed by atoms with van der Waals surface area (Å²) < 4.78 is 0. The second-order valence-corrected chi connectivity index (χ2v) is 3.48. The van der Waals surface area contributed by atoms with Gasteiger partial charge in [0.05, 0.1) is 17.4 Å². The van der Waals surface area contributed by atoms with Gasteiger partial charge in [0, 0.05) is 5.39 Å². The highest BCUT2D eigenvalue weighted by molar-refractivity contribution is 5.91. The highest BCUT2D eigenvalue weighted by Crippen LogP contribution is 2.20. The van der Waals surface area contributed by atoms with Crippen LogP contribution in [0.4, 0.5) is 5.69 Å². The topological polar surface area (TPSA) is 75.1 Å². The van der Waals surface area contributed by atoms with Crippen molar-refractivity contribution < 1.29 is 9.90 Å². The molecule has 1 aromatic heterocycles. The van der Waals surface area contributed by atoms with E-state index >= 15 is 0 Å². The number of benzene rings is 1. The van der Waals surface area contributed by atoms with Crippen molar-refractivity contribution in [2.45, 2.75) is 13.0 Å². The molecular weight excluding hydrogens is 206 g/mol. The third-order valence-corrected chi connectivity index (χ3v) is 2.29. The van der Waals surface area contributed by atoms with Crippen LogP contribution in [0.15, 0.2) is 30.5 Å². The highest BCUT2D eigenvalue weighted by atomic mass is 16.4. The van der Waals surface area contributed by atoms with Crippen molar-refractivity contribution in [2.24, 2.45) is 0 Å². The fraction of sp³-hybridized carbons (Fsp3) is 0.182. The van der Waals surface area contributed by atoms with Gasteiger partial charge in [-0.25, -0.2) is 0 Å². The molecule has 1 heterocycles. The van der Waals surface area contributed by atoms with Gasteiger partial charge in [0.2, 0.25) is 0 Å². The first kappa shape index (κ1) is 10.4. The maximum Gasteiger partial charge on any atom is 0.325 e. The number of rotatable bonds is 3. The number of aromatic nitrogens is 2. The van der Waals surface area contributed by atoms with Crippen molar-refractivity contribution in [2.75, 3.05) is 5.32 Å². The number of fused-ring (bicyclic) bond motifs is 1. The van der Waals surface area contributed by atoms with Gasteiger partial charge in [-0.2, -0.15) is 10.2 Å². The third-order valence-electron chi connectivity index (χ3n) is 2.29. The Morgan fingerprint density at radius 2 is 2.19 bits per heavy atom. The number of aliphatic carboxylic acids is 1. The van der Waals surface area contributed by atoms with Gasteiger partial charge in [-0.3, -0.25) is 4.79 Å². The first-order valence-corrected chi connectivity index (χ1v) is 4.88. The minimum Gasteiger partial charge on any atom is -0.480 e. The van der Waals surface area contributed by atoms with Gasteiger partial charge in [-0.15, -0.1) is 0 Å². The van der Waals surface area contributed by atoms with Crippen LogP contribution < -0.4 is 5.32 Å². The zero-order chi connectivity index (χ0) is 11.5. The average molecular weight is 217 g/mol. The van der Waals surface area contributed by atoms with Crippen molar-refractivity contribution in [3.8, 4) is 0 Å². The Kier molecular flexibility index (Phi) is 2.68. The molecule has 0 saturated heterocycles. The summed E-state index contributed by atoms with van der Waals surface area (Å²) in [5, 5.41) is 20.3. The van der Waals surface area contributed by atoms with Crippen molar-refractivity contribution in [1.82, 2.24) is 10.2 Å². The quantitative estimate of drug-likeness (QED) is 0.815. The van der Waals surface area contributed by atoms with E-state index in [-0.39, 0.29) is 0 Å². The molecule has 0 bridgehead atoms. The van der Waals surface area contributed by atoms with E-state index in [1.807, 2.05) is 24.3 Å². The monoisotopic (exact) mass is 217 g/mol. The van der Waals surface area contributed by atoms with Crippen LogP contribution >= 0.6 is 0 Å². The van der Waals surface area contributed by atoms with E-state index in [1.54, 1.807) is 6.92 Å². The number of hydrogen-bond donors (Lipinski definition) is 2. The number of carboxylic acids is 1. The van der Waals surface area contributed by atoms with Crippen LogP contribution in [0.3, 0.4) is 0 Å². The third kappa shape index (κ3) is 1.93. The van der Waals surface area contributed by atoms with Crippen LogP contribution in [0.1, 0.15) is 6.92 Å². The number of hydrogen-bond acceptors (Lipinski definition) is 4. The lowest BCUT2D eigenvalue weighted by atomic mass is 10.2. The number of nitrogens with one attached hydrogen (secondary N) is 1. The Balaban J connectivity index is 2.41. The van der Waals surface area contributed by atoms with Crippen LogP contribution in [-0.2, 0) is 4.79 Å². The summed E-state index contributed by atoms with van der Waals surface area (Å²) in [4.78, 5) is 10.7. The Hall–Kier alpha value is -2.17. The van der Waals surface area contributed by atoms with Gasteiger partial charge in [0.15, 0.2) is 0 Å². The van der Waals surface area contributed by atoms with Crippen molar-refractivity contribution in [3.05, 3.63) is 30.5 Å². The molecule has 5 nitrogen and oxygen atoms in total. The maximum absolute atomic E-state index is 10.7. The summed E-state index contributed by atoms with van der Waals surface area (Å²) in [6, 6.07) is 6.79. The Bertz CT molecular complexity index is 522. The van der Waals surface area contributed by atoms with Gasteiger partial charge in [-0.1, -0.05) is 18.2 Å². The zero-order valence-electron chi connectivity index (χ0n) is 8.71. The first-order chi connectivity index (χ1) is 7.68. The molecule has 0 aliphatic rings. The number of anilines is 1. The summed E-state index contributed by atoms with van der Waals surface area (Å²) >= 11 is 0. The zero-order valence-corrected chi connectivity index (χ0v) is 8.71. The van der Waals surface area contributed by atoms with Crippen LogP contribution in [0, 0.1) is 0 Å². The molecule has 0 spiro atoms. The van der Waals surface area contributed by atoms with Gasteiger partial charge < -0.3 is 10.4 Å². The predicted octanol–water partition coefficient (Wildman–Crippen LogP) is 1.51. The van der Waals surface area contributed by atoms with Gasteiger partial charge in [-0.05, 0) is 13.0 Å². The van der Waals surface area contributed by atoms with E-state index < -0.39 is 12.0 Å². The summed E-state index contributed by atoms with van der Waals surface area (Å²) in [6.45, 7) is 1.58. The minimum atomic E-state index is -0.902. The normalized spacial score (nSPS) is 12.3. The van der Waals surface area contributed by atoms with E-state index in [1.165, 1.54) is 6.20 Å². The Labute approximate surface area is 92.1 Å². The molecule has 1 unspecified atom stereocenters. The summed E-state index contributed by atoms with van der Waals surface area (Å²) in [5.41, 5.74) is 1.42. The average Bonchev–Trinajstić information content (AvgIpc) is 2.29. The minimum absolute atomic E-state index is 0.660. The fourth-order valence-electron chi connectivity index (χ4n) is 1.42. The van der Waals surface area contributed by atoms with E-state index in [2.05, 4.69) is 15.5 Å². The van der Waals surface area contributed by atoms with E-state index in [0.29, 0.717) is 5.69 Å². The molecule has 0 amide bonds. The second kappa shape index (κ2) is 4.14. The molecule has 0 fully saturated rings. The molecule has 2 rings (SSSR count). The molecule has 2 aromatic rings. The molecule has 0 radical (unpaired) electrons. The molecule has 2 N–H and O–H groups in total. The standard InChI is InChI=1S/C11H11N3O2/c1-7(11(15)16)13-10-6-12-14-9-5-3-2-4-8(9)10/h2-7H,1H3,(H,13,14)(H,15,16). The SMILES string of the molecule is CC(Nc1cnnc2ccccc12)C(=O)O. The van der Waals surface area contributed by atoms with Crippen LogP contribution in [0.2, 0.25) is 0 Å². The number of carbonyl (C=O) groups is 1. The second-order valence-electron chi connectivity index (χ2n) is 3.48. The molecule has 1 aromatic carbocycles. The van der Waals surface area contributed by atoms with E-state index in [9.17, 15) is 4.79 Å². The fourth-order valence-corrected chi connectivity index (χ4v) is 1.42. The van der Waals surface area contributed by atoms with E-state index in [4.69, 9.17) is 5.11 Å². The van der Waals surface area contributed by atoms with Crippen molar-refractivity contribution in [1.29, 1.82) is 0 Å². The molecule has 5 heteroatoms. The van der Waals surface area contributed by atoms with Crippen LogP contribution in [-0.4, -0.2) is 27.3 Å². The summed E-state index contributed by atoms with van der Waals surface area (Å²) in [5.74, 6) is -0.902. The lowest BCUT2D eigenvalue weighted by Crippen LogP contribution is -2.25. The summed E-state index contributed by atoms with van der Waals surface area (Å²) in [6.07, 6.45) is 1.53. The van der Waals surface area contributed by atoms with Crippen LogP contribution in [0.5, 0.6) is 0 Å². The molecule has 0 saturated carbocycles. The number of carboxylic acid groups (broad SMARTS) is 1. The molecule has 82 valence electrons. The van der Waals surface area contributed by atoms with Gasteiger partial charge in [0.1, 0.15) is 6.04 Å². The smallest absolute Gasteiger partial charge is 0.325 e. The van der Waals surface area contributed by atoms with Gasteiger partial charge >= 0.3 is 5.97 Å². The Morgan fingerprint density at radius 1 is 1.44 bits per heavy atom. The highest BCUT2D eigenvalue weighted by Gasteiger charge is 2.11. The molecule has 1 atom stereocenters. The first-order valence-electron chi connectivity index (χ1n) is 4.88. The summed E-state index contributed by atoms with van der Waals surface area (Å²) in [7, 11) is 0. The molecular formula is C11H11N3O2. The predicted molar refractivity (Wildman–Crippen MR) is 60.3 cm³/mol. The number of nitrogens with zero attached hydrogens (tertiary/aromatic N) is 2. The molecule has 16 heavy (non-hydrogen) atoms. The molecule has 0 aliphatic heterocycles. The lowest BCUT2D eigenvalue weighted by molar-refractivity contribution is -0.137. The van der Waals surface area contributed by atoms with Crippen molar-refractivity contribution >= 4 is 22.6 Å². The van der Waals surface area contributed by atoms with Gasteiger partial charge in [0.25, 0.3) is 0 Å². The van der Waals surface area contributed by atoms with Crippen LogP contribution in [0.25, 0.3) is 10.9 Å². The van der Waals surface area contributed by atoms with E-state index in [0.717, 1.165) is 10.9 Å². The maximum atomic E-state index is 10.7. The lowest BCUT2D eigenvalue weighted by Gasteiger charge is -2.11. The van der Waals surface area contributed by atoms with Crippen molar-refractivity contribution in [3.63, 3.8) is 0 Å². The molecule has 0 aliphatic carbocycles. The largest absolute Gasteiger partial charge is 0.480 e. The Morgan fingerprint density at radius 3 is 2.94 bits per heavy atom.